The average molecular weight is 255 g/mol. The van der Waals surface area contributed by atoms with Crippen molar-refractivity contribution in [2.75, 3.05) is 25.5 Å². The van der Waals surface area contributed by atoms with Crippen LogP contribution in [0.25, 0.3) is 0 Å². The topological polar surface area (TPSA) is 41.1 Å². The Balaban J connectivity index is 2.10. The predicted octanol–water partition coefficient (Wildman–Crippen LogP) is 2.25. The van der Waals surface area contributed by atoms with Crippen LogP contribution in [-0.4, -0.2) is 41.3 Å². The number of nitrogens with one attached hydrogen (secondary N) is 1. The van der Waals surface area contributed by atoms with Gasteiger partial charge >= 0.3 is 0 Å². The van der Waals surface area contributed by atoms with Gasteiger partial charge in [0.25, 0.3) is 0 Å². The Kier molecular flexibility index (Phi) is 3.84. The van der Waals surface area contributed by atoms with Gasteiger partial charge in [0.15, 0.2) is 11.0 Å². The highest BCUT2D eigenvalue weighted by atomic mass is 35.5. The van der Waals surface area contributed by atoms with Crippen molar-refractivity contribution in [2.24, 2.45) is 0 Å². The zero-order chi connectivity index (χ0) is 12.4. The van der Waals surface area contributed by atoms with Crippen molar-refractivity contribution in [1.29, 1.82) is 0 Å². The summed E-state index contributed by atoms with van der Waals surface area (Å²) in [6, 6.07) is 0.460. The summed E-state index contributed by atoms with van der Waals surface area (Å²) in [6.45, 7) is 6.25. The van der Waals surface area contributed by atoms with Crippen LogP contribution in [0.15, 0.2) is 0 Å². The summed E-state index contributed by atoms with van der Waals surface area (Å²) in [5.74, 6) is 0.868. The van der Waals surface area contributed by atoms with E-state index in [1.54, 1.807) is 0 Å². The molecule has 1 aromatic heterocycles. The van der Waals surface area contributed by atoms with E-state index in [0.717, 1.165) is 23.5 Å². The van der Waals surface area contributed by atoms with Gasteiger partial charge in [0.2, 0.25) is 0 Å². The number of anilines is 1. The van der Waals surface area contributed by atoms with E-state index in [-0.39, 0.29) is 0 Å². The van der Waals surface area contributed by atoms with Crippen molar-refractivity contribution in [3.05, 3.63) is 16.3 Å². The molecule has 0 amide bonds. The highest BCUT2D eigenvalue weighted by Gasteiger charge is 2.18. The fourth-order valence-corrected chi connectivity index (χ4v) is 2.37. The highest BCUT2D eigenvalue weighted by Crippen LogP contribution is 2.22. The Morgan fingerprint density at radius 3 is 2.76 bits per heavy atom. The van der Waals surface area contributed by atoms with Crippen molar-refractivity contribution in [2.45, 2.75) is 32.7 Å². The molecule has 1 fully saturated rings. The number of aromatic nitrogens is 2. The van der Waals surface area contributed by atoms with Gasteiger partial charge in [-0.2, -0.15) is 0 Å². The lowest BCUT2D eigenvalue weighted by Gasteiger charge is -2.30. The normalized spacial score (nSPS) is 21.5. The molecular weight excluding hydrogens is 236 g/mol. The van der Waals surface area contributed by atoms with Crippen LogP contribution in [0.5, 0.6) is 0 Å². The molecule has 0 radical (unpaired) electrons. The maximum absolute atomic E-state index is 5.94. The van der Waals surface area contributed by atoms with E-state index < -0.39 is 0 Å². The number of hydrogen-bond donors (Lipinski definition) is 1. The Morgan fingerprint density at radius 1 is 1.29 bits per heavy atom. The minimum atomic E-state index is 0.460. The van der Waals surface area contributed by atoms with Crippen molar-refractivity contribution in [3.8, 4) is 0 Å². The van der Waals surface area contributed by atoms with Gasteiger partial charge in [-0.25, -0.2) is 0 Å². The summed E-state index contributed by atoms with van der Waals surface area (Å²) in [5, 5.41) is 12.1. The number of likely N-dealkylation sites (tertiary alicyclic amines) is 1. The van der Waals surface area contributed by atoms with Crippen molar-refractivity contribution in [1.82, 2.24) is 15.1 Å². The summed E-state index contributed by atoms with van der Waals surface area (Å²) in [7, 11) is 2.15. The van der Waals surface area contributed by atoms with Crippen molar-refractivity contribution >= 4 is 17.4 Å². The summed E-state index contributed by atoms with van der Waals surface area (Å²) in [4.78, 5) is 2.34. The molecule has 0 aromatic carbocycles. The minimum absolute atomic E-state index is 0.460. The summed E-state index contributed by atoms with van der Waals surface area (Å²) >= 11 is 5.94. The van der Waals surface area contributed by atoms with Crippen LogP contribution < -0.4 is 5.32 Å². The van der Waals surface area contributed by atoms with Gasteiger partial charge in [-0.1, -0.05) is 11.6 Å². The largest absolute Gasteiger partial charge is 0.364 e. The van der Waals surface area contributed by atoms with Gasteiger partial charge in [0.05, 0.1) is 0 Å². The number of hydrogen-bond acceptors (Lipinski definition) is 4. The third-order valence-corrected chi connectivity index (χ3v) is 3.79. The van der Waals surface area contributed by atoms with Crippen LogP contribution in [0.1, 0.15) is 24.0 Å². The molecule has 0 spiro atoms. The molecule has 0 bridgehead atoms. The first-order chi connectivity index (χ1) is 8.08. The molecule has 1 aliphatic heterocycles. The van der Waals surface area contributed by atoms with Gasteiger partial charge in [0, 0.05) is 12.6 Å². The first-order valence-corrected chi connectivity index (χ1v) is 6.40. The molecule has 5 heteroatoms. The van der Waals surface area contributed by atoms with E-state index in [1.807, 2.05) is 13.8 Å². The molecule has 1 aromatic rings. The Hall–Kier alpha value is -0.870. The lowest BCUT2D eigenvalue weighted by Crippen LogP contribution is -2.40. The number of piperidine rings is 1. The zero-order valence-corrected chi connectivity index (χ0v) is 11.4. The minimum Gasteiger partial charge on any atom is -0.364 e. The maximum Gasteiger partial charge on any atom is 0.155 e. The predicted molar refractivity (Wildman–Crippen MR) is 70.7 cm³/mol. The second-order valence-corrected chi connectivity index (χ2v) is 5.19. The van der Waals surface area contributed by atoms with E-state index in [9.17, 15) is 0 Å². The molecule has 1 atom stereocenters. The average Bonchev–Trinajstić information content (AvgIpc) is 2.30. The zero-order valence-electron chi connectivity index (χ0n) is 10.6. The monoisotopic (exact) mass is 254 g/mol. The molecule has 1 unspecified atom stereocenters. The van der Waals surface area contributed by atoms with Crippen LogP contribution in [0.3, 0.4) is 0 Å². The Bertz CT molecular complexity index is 408. The standard InChI is InChI=1S/C12H19ClN4/c1-8-9(2)12(16-15-11(8)13)14-10-5-4-6-17(3)7-10/h10H,4-7H2,1-3H3,(H,14,16). The van der Waals surface area contributed by atoms with Crippen LogP contribution in [0, 0.1) is 13.8 Å². The number of nitrogens with zero attached hydrogens (tertiary/aromatic N) is 3. The molecule has 2 heterocycles. The van der Waals surface area contributed by atoms with E-state index in [1.165, 1.54) is 19.4 Å². The lowest BCUT2D eigenvalue weighted by molar-refractivity contribution is 0.260. The molecule has 1 N–H and O–H groups in total. The van der Waals surface area contributed by atoms with Crippen LogP contribution in [-0.2, 0) is 0 Å². The Labute approximate surface area is 107 Å². The lowest BCUT2D eigenvalue weighted by atomic mass is 10.1. The van der Waals surface area contributed by atoms with Crippen molar-refractivity contribution in [3.63, 3.8) is 0 Å². The van der Waals surface area contributed by atoms with E-state index in [2.05, 4.69) is 27.5 Å². The van der Waals surface area contributed by atoms with Gasteiger partial charge in [-0.15, -0.1) is 10.2 Å². The molecule has 1 saturated heterocycles. The van der Waals surface area contributed by atoms with Gasteiger partial charge in [-0.3, -0.25) is 0 Å². The van der Waals surface area contributed by atoms with Crippen LogP contribution in [0.4, 0.5) is 5.82 Å². The molecular formula is C12H19ClN4. The second kappa shape index (κ2) is 5.19. The summed E-state index contributed by atoms with van der Waals surface area (Å²) < 4.78 is 0. The van der Waals surface area contributed by atoms with Gasteiger partial charge in [0.1, 0.15) is 0 Å². The van der Waals surface area contributed by atoms with Crippen LogP contribution >= 0.6 is 11.6 Å². The molecule has 2 rings (SSSR count). The highest BCUT2D eigenvalue weighted by molar-refractivity contribution is 6.30. The smallest absolute Gasteiger partial charge is 0.155 e. The first kappa shape index (κ1) is 12.6. The number of rotatable bonds is 2. The van der Waals surface area contributed by atoms with Gasteiger partial charge in [-0.05, 0) is 51.4 Å². The van der Waals surface area contributed by atoms with Gasteiger partial charge < -0.3 is 10.2 Å². The third-order valence-electron chi connectivity index (χ3n) is 3.43. The molecule has 1 aliphatic rings. The number of halogens is 1. The summed E-state index contributed by atoms with van der Waals surface area (Å²) in [6.07, 6.45) is 2.42. The third kappa shape index (κ3) is 2.87. The molecule has 17 heavy (non-hydrogen) atoms. The molecule has 0 saturated carbocycles. The fraction of sp³-hybridized carbons (Fsp3) is 0.667. The molecule has 94 valence electrons. The first-order valence-electron chi connectivity index (χ1n) is 6.02. The quantitative estimate of drug-likeness (QED) is 0.879. The summed E-state index contributed by atoms with van der Waals surface area (Å²) in [5.41, 5.74) is 2.10. The Morgan fingerprint density at radius 2 is 2.06 bits per heavy atom. The van der Waals surface area contributed by atoms with Crippen molar-refractivity contribution < 1.29 is 0 Å². The fourth-order valence-electron chi connectivity index (χ4n) is 2.19. The number of likely N-dealkylation sites (N-methyl/N-ethyl adjacent to an activating group) is 1. The SMILES string of the molecule is Cc1c(Cl)nnc(NC2CCCN(C)C2)c1C. The van der Waals surface area contributed by atoms with E-state index >= 15 is 0 Å². The second-order valence-electron chi connectivity index (χ2n) is 4.84. The molecule has 0 aliphatic carbocycles. The molecule has 4 nitrogen and oxygen atoms in total. The van der Waals surface area contributed by atoms with Crippen LogP contribution in [0.2, 0.25) is 5.15 Å². The van der Waals surface area contributed by atoms with E-state index in [4.69, 9.17) is 11.6 Å². The van der Waals surface area contributed by atoms with E-state index in [0.29, 0.717) is 11.2 Å². The maximum atomic E-state index is 5.94.